The molecule has 0 N–H and O–H groups in total. The van der Waals surface area contributed by atoms with E-state index in [-0.39, 0.29) is 0 Å². The van der Waals surface area contributed by atoms with Gasteiger partial charge in [-0.3, -0.25) is 0 Å². The summed E-state index contributed by atoms with van der Waals surface area (Å²) in [6.45, 7) is 0. The van der Waals surface area contributed by atoms with Gasteiger partial charge in [0.05, 0.1) is 50.2 Å². The zero-order valence-corrected chi connectivity index (χ0v) is 27.6. The van der Waals surface area contributed by atoms with Crippen molar-refractivity contribution in [3.63, 3.8) is 0 Å². The Kier molecular flexibility index (Phi) is 5.92. The van der Waals surface area contributed by atoms with E-state index in [4.69, 9.17) is 4.98 Å². The van der Waals surface area contributed by atoms with Crippen LogP contribution in [0.5, 0.6) is 0 Å². The predicted octanol–water partition coefficient (Wildman–Crippen LogP) is 12.0. The minimum absolute atomic E-state index is 0.938. The molecule has 11 rings (SSSR count). The van der Waals surface area contributed by atoms with E-state index in [1.54, 1.807) is 0 Å². The summed E-state index contributed by atoms with van der Waals surface area (Å²) in [5.74, 6) is 0. The Morgan fingerprint density at radius 3 is 1.24 bits per heavy atom. The summed E-state index contributed by atoms with van der Waals surface area (Å²) in [4.78, 5) is 5.24. The van der Waals surface area contributed by atoms with Gasteiger partial charge in [0.2, 0.25) is 0 Å². The quantitative estimate of drug-likeness (QED) is 0.186. The van der Waals surface area contributed by atoms with Gasteiger partial charge in [0.25, 0.3) is 0 Å². The molecule has 238 valence electrons. The van der Waals surface area contributed by atoms with Crippen LogP contribution in [0.1, 0.15) is 0 Å². The Labute approximate surface area is 293 Å². The second-order valence-corrected chi connectivity index (χ2v) is 13.2. The lowest BCUT2D eigenvalue weighted by atomic mass is 10.1. The molecule has 0 aliphatic rings. The van der Waals surface area contributed by atoms with Crippen LogP contribution < -0.4 is 0 Å². The highest BCUT2D eigenvalue weighted by molar-refractivity contribution is 6.23. The molecule has 0 saturated carbocycles. The summed E-state index contributed by atoms with van der Waals surface area (Å²) in [6, 6.07) is 65.3. The molecule has 4 nitrogen and oxygen atoms in total. The molecule has 0 saturated heterocycles. The molecule has 51 heavy (non-hydrogen) atoms. The first kappa shape index (κ1) is 28.0. The van der Waals surface area contributed by atoms with Crippen LogP contribution in [0.25, 0.3) is 93.6 Å². The minimum Gasteiger partial charge on any atom is -0.307 e. The van der Waals surface area contributed by atoms with Gasteiger partial charge in [-0.25, -0.2) is 14.3 Å². The Morgan fingerprint density at radius 2 is 0.706 bits per heavy atom. The van der Waals surface area contributed by atoms with Crippen LogP contribution in [-0.2, 0) is 0 Å². The van der Waals surface area contributed by atoms with E-state index < -0.39 is 0 Å². The van der Waals surface area contributed by atoms with Gasteiger partial charge in [0, 0.05) is 43.4 Å². The molecule has 7 aromatic carbocycles. The van der Waals surface area contributed by atoms with Gasteiger partial charge in [0.15, 0.2) is 0 Å². The standard InChI is InChI=1S/C47H30N4/c1-3-15-31(16-4-1)40-29-33(30-41(48-40)32-17-5-2-6-18-32)49-42-23-11-7-21-36(42)38-27-28-39-37-22-10-14-26-45(37)51(47(39)46(38)49)50-43-24-12-8-19-34(43)35-20-9-13-25-44(35)50/h1-30H. The number of pyridine rings is 1. The molecule has 0 spiro atoms. The first-order valence-corrected chi connectivity index (χ1v) is 17.4. The third-order valence-electron chi connectivity index (χ3n) is 10.4. The highest BCUT2D eigenvalue weighted by Crippen LogP contribution is 2.42. The summed E-state index contributed by atoms with van der Waals surface area (Å²) >= 11 is 0. The monoisotopic (exact) mass is 650 g/mol. The number of para-hydroxylation sites is 4. The molecular weight excluding hydrogens is 621 g/mol. The maximum absolute atomic E-state index is 5.24. The van der Waals surface area contributed by atoms with Crippen molar-refractivity contribution in [3.05, 3.63) is 182 Å². The van der Waals surface area contributed by atoms with E-state index in [0.29, 0.717) is 0 Å². The Balaban J connectivity index is 1.35. The second-order valence-electron chi connectivity index (χ2n) is 13.2. The number of aromatic nitrogens is 4. The predicted molar refractivity (Wildman–Crippen MR) is 213 cm³/mol. The Bertz CT molecular complexity index is 3020. The lowest BCUT2D eigenvalue weighted by Gasteiger charge is -2.16. The van der Waals surface area contributed by atoms with Gasteiger partial charge in [-0.1, -0.05) is 146 Å². The van der Waals surface area contributed by atoms with Gasteiger partial charge in [0.1, 0.15) is 0 Å². The third kappa shape index (κ3) is 4.05. The topological polar surface area (TPSA) is 27.7 Å². The zero-order valence-electron chi connectivity index (χ0n) is 27.6. The molecule has 0 amide bonds. The van der Waals surface area contributed by atoms with E-state index in [9.17, 15) is 0 Å². The zero-order chi connectivity index (χ0) is 33.5. The van der Waals surface area contributed by atoms with Gasteiger partial charge in [-0.15, -0.1) is 0 Å². The van der Waals surface area contributed by atoms with Crippen molar-refractivity contribution in [1.29, 1.82) is 0 Å². The van der Waals surface area contributed by atoms with Crippen LogP contribution in [0, 0.1) is 0 Å². The summed E-state index contributed by atoms with van der Waals surface area (Å²) in [6.07, 6.45) is 0. The fourth-order valence-electron chi connectivity index (χ4n) is 8.23. The maximum Gasteiger partial charge on any atom is 0.0963 e. The van der Waals surface area contributed by atoms with Crippen molar-refractivity contribution in [2.45, 2.75) is 0 Å². The van der Waals surface area contributed by atoms with E-state index >= 15 is 0 Å². The van der Waals surface area contributed by atoms with Crippen LogP contribution in [0.2, 0.25) is 0 Å². The average molecular weight is 651 g/mol. The normalized spacial score (nSPS) is 11.9. The highest BCUT2D eigenvalue weighted by Gasteiger charge is 2.24. The van der Waals surface area contributed by atoms with Gasteiger partial charge >= 0.3 is 0 Å². The number of hydrogen-bond acceptors (Lipinski definition) is 1. The molecule has 0 aliphatic carbocycles. The van der Waals surface area contributed by atoms with Gasteiger partial charge in [-0.2, -0.15) is 0 Å². The summed E-state index contributed by atoms with van der Waals surface area (Å²) in [7, 11) is 0. The summed E-state index contributed by atoms with van der Waals surface area (Å²) in [5.41, 5.74) is 12.1. The Hall–Kier alpha value is -6.91. The van der Waals surface area contributed by atoms with Crippen LogP contribution in [-0.4, -0.2) is 18.9 Å². The van der Waals surface area contributed by atoms with Crippen LogP contribution in [0.3, 0.4) is 0 Å². The SMILES string of the molecule is c1ccc(-c2cc(-n3c4ccccc4c4ccc5c6ccccc6n(-n6c7ccccc7c7ccccc76)c5c43)cc(-c3ccccc3)n2)cc1. The summed E-state index contributed by atoms with van der Waals surface area (Å²) < 4.78 is 7.36. The van der Waals surface area contributed by atoms with E-state index in [0.717, 1.165) is 50.3 Å². The highest BCUT2D eigenvalue weighted by atomic mass is 15.5. The number of hydrogen-bond donors (Lipinski definition) is 0. The Morgan fingerprint density at radius 1 is 0.314 bits per heavy atom. The average Bonchev–Trinajstić information content (AvgIpc) is 3.84. The fourth-order valence-corrected chi connectivity index (χ4v) is 8.23. The molecule has 4 heterocycles. The molecule has 0 fully saturated rings. The van der Waals surface area contributed by atoms with Gasteiger partial charge < -0.3 is 4.57 Å². The van der Waals surface area contributed by atoms with Gasteiger partial charge in [-0.05, 0) is 36.4 Å². The fraction of sp³-hybridized carbons (Fsp3) is 0. The van der Waals surface area contributed by atoms with Crippen molar-refractivity contribution in [1.82, 2.24) is 18.9 Å². The first-order chi connectivity index (χ1) is 25.3. The molecule has 4 aromatic heterocycles. The number of fused-ring (bicyclic) bond motifs is 10. The smallest absolute Gasteiger partial charge is 0.0963 e. The lowest BCUT2D eigenvalue weighted by Crippen LogP contribution is -2.09. The second kappa shape index (κ2) is 10.8. The van der Waals surface area contributed by atoms with Crippen molar-refractivity contribution >= 4 is 65.4 Å². The van der Waals surface area contributed by atoms with E-state index in [1.807, 2.05) is 0 Å². The maximum atomic E-state index is 5.24. The van der Waals surface area contributed by atoms with Crippen LogP contribution >= 0.6 is 0 Å². The van der Waals surface area contributed by atoms with Crippen molar-refractivity contribution < 1.29 is 0 Å². The number of nitrogens with zero attached hydrogens (tertiary/aromatic N) is 4. The third-order valence-corrected chi connectivity index (χ3v) is 10.4. The van der Waals surface area contributed by atoms with Crippen molar-refractivity contribution in [2.24, 2.45) is 0 Å². The van der Waals surface area contributed by atoms with Crippen LogP contribution in [0.15, 0.2) is 182 Å². The number of benzene rings is 7. The largest absolute Gasteiger partial charge is 0.307 e. The molecular formula is C47H30N4. The first-order valence-electron chi connectivity index (χ1n) is 17.4. The van der Waals surface area contributed by atoms with Crippen LogP contribution in [0.4, 0.5) is 0 Å². The minimum atomic E-state index is 0.938. The summed E-state index contributed by atoms with van der Waals surface area (Å²) in [5, 5.41) is 7.33. The van der Waals surface area contributed by atoms with Crippen molar-refractivity contribution in [3.8, 4) is 28.2 Å². The molecule has 0 radical (unpaired) electrons. The molecule has 4 heteroatoms. The van der Waals surface area contributed by atoms with E-state index in [1.165, 1.54) is 43.4 Å². The van der Waals surface area contributed by atoms with Crippen molar-refractivity contribution in [2.75, 3.05) is 0 Å². The lowest BCUT2D eigenvalue weighted by molar-refractivity contribution is 0.776. The van der Waals surface area contributed by atoms with E-state index in [2.05, 4.69) is 196 Å². The molecule has 0 atom stereocenters. The molecule has 11 aromatic rings. The molecule has 0 unspecified atom stereocenters. The molecule has 0 aliphatic heterocycles. The molecule has 0 bridgehead atoms. The number of rotatable bonds is 4.